The molecular weight excluding hydrogens is 619 g/mol. The van der Waals surface area contributed by atoms with E-state index >= 15 is 0 Å². The SMILES string of the molecule is O=P(O)(O)Oc1cccc(-c2nc3sccn3c2-c2cccc(N[C@@H]3CCCN(S(=O)(=O)c4ccc(Cl)cc4)C3)c2)c1. The smallest absolute Gasteiger partial charge is 0.404 e. The van der Waals surface area contributed by atoms with E-state index in [0.29, 0.717) is 29.4 Å². The van der Waals surface area contributed by atoms with Gasteiger partial charge in [-0.15, -0.1) is 11.3 Å². The molecule has 1 saturated heterocycles. The number of hydrogen-bond donors (Lipinski definition) is 3. The van der Waals surface area contributed by atoms with E-state index in [4.69, 9.17) is 21.1 Å². The number of piperidine rings is 1. The van der Waals surface area contributed by atoms with Crippen molar-refractivity contribution in [2.45, 2.75) is 23.8 Å². The molecule has 3 heterocycles. The monoisotopic (exact) mass is 644 g/mol. The molecule has 1 fully saturated rings. The van der Waals surface area contributed by atoms with E-state index in [-0.39, 0.29) is 16.7 Å². The molecule has 1 atom stereocenters. The van der Waals surface area contributed by atoms with Gasteiger partial charge in [0.15, 0.2) is 4.96 Å². The highest BCUT2D eigenvalue weighted by Crippen LogP contribution is 2.41. The molecule has 0 spiro atoms. The third-order valence-electron chi connectivity index (χ3n) is 6.94. The molecule has 0 aliphatic carbocycles. The van der Waals surface area contributed by atoms with Crippen LogP contribution in [0.25, 0.3) is 27.5 Å². The second kappa shape index (κ2) is 11.5. The fourth-order valence-corrected chi connectivity index (χ4v) is 7.88. The van der Waals surface area contributed by atoms with Crippen LogP contribution >= 0.6 is 30.8 Å². The maximum absolute atomic E-state index is 13.3. The summed E-state index contributed by atoms with van der Waals surface area (Å²) in [6.45, 7) is 0.775. The minimum Gasteiger partial charge on any atom is -0.404 e. The lowest BCUT2D eigenvalue weighted by atomic mass is 10.0. The number of anilines is 1. The first kappa shape index (κ1) is 28.9. The summed E-state index contributed by atoms with van der Waals surface area (Å²) in [5.74, 6) is 0.0361. The number of imidazole rings is 1. The van der Waals surface area contributed by atoms with Crippen LogP contribution < -0.4 is 9.84 Å². The molecule has 0 amide bonds. The summed E-state index contributed by atoms with van der Waals surface area (Å²) in [6.07, 6.45) is 3.46. The van der Waals surface area contributed by atoms with Crippen LogP contribution in [-0.2, 0) is 14.6 Å². The van der Waals surface area contributed by atoms with Gasteiger partial charge in [-0.3, -0.25) is 14.2 Å². The van der Waals surface area contributed by atoms with Crippen molar-refractivity contribution in [1.82, 2.24) is 13.7 Å². The minimum absolute atomic E-state index is 0.0361. The van der Waals surface area contributed by atoms with Gasteiger partial charge in [-0.25, -0.2) is 18.0 Å². The topological polar surface area (TPSA) is 133 Å². The van der Waals surface area contributed by atoms with E-state index in [1.807, 2.05) is 46.3 Å². The molecule has 0 unspecified atom stereocenters. The van der Waals surface area contributed by atoms with Crippen molar-refractivity contribution < 1.29 is 27.3 Å². The number of hydrogen-bond acceptors (Lipinski definition) is 7. The average Bonchev–Trinajstić information content (AvgIpc) is 3.55. The normalized spacial score (nSPS) is 16.5. The molecule has 0 radical (unpaired) electrons. The van der Waals surface area contributed by atoms with Gasteiger partial charge >= 0.3 is 7.82 Å². The van der Waals surface area contributed by atoms with Crippen LogP contribution in [0.4, 0.5) is 5.69 Å². The lowest BCUT2D eigenvalue weighted by Gasteiger charge is -2.33. The highest BCUT2D eigenvalue weighted by Gasteiger charge is 2.30. The minimum atomic E-state index is -4.72. The molecule has 6 rings (SSSR count). The Hall–Kier alpha value is -3.22. The number of nitrogens with one attached hydrogen (secondary N) is 1. The Balaban J connectivity index is 1.28. The lowest BCUT2D eigenvalue weighted by molar-refractivity contribution is 0.283. The number of aromatic nitrogens is 2. The summed E-state index contributed by atoms with van der Waals surface area (Å²) in [5.41, 5.74) is 3.77. The zero-order valence-electron chi connectivity index (χ0n) is 22.0. The molecule has 42 heavy (non-hydrogen) atoms. The largest absolute Gasteiger partial charge is 0.524 e. The van der Waals surface area contributed by atoms with Crippen molar-refractivity contribution in [1.29, 1.82) is 0 Å². The molecule has 14 heteroatoms. The Labute approximate surface area is 251 Å². The van der Waals surface area contributed by atoms with Gasteiger partial charge in [0.2, 0.25) is 10.0 Å². The first-order valence-corrected chi connectivity index (χ1v) is 17.2. The predicted molar refractivity (Wildman–Crippen MR) is 163 cm³/mol. The number of sulfonamides is 1. The van der Waals surface area contributed by atoms with E-state index < -0.39 is 17.8 Å². The number of phosphoric acid groups is 1. The van der Waals surface area contributed by atoms with Crippen molar-refractivity contribution in [3.05, 3.63) is 89.4 Å². The highest BCUT2D eigenvalue weighted by atomic mass is 35.5. The fourth-order valence-electron chi connectivity index (χ4n) is 5.13. The Morgan fingerprint density at radius 1 is 1.05 bits per heavy atom. The van der Waals surface area contributed by atoms with Crippen LogP contribution in [0.1, 0.15) is 12.8 Å². The van der Waals surface area contributed by atoms with Gasteiger partial charge in [0.25, 0.3) is 0 Å². The van der Waals surface area contributed by atoms with Crippen LogP contribution in [0.15, 0.2) is 89.3 Å². The van der Waals surface area contributed by atoms with Crippen molar-refractivity contribution in [3.63, 3.8) is 0 Å². The summed E-state index contributed by atoms with van der Waals surface area (Å²) in [4.78, 5) is 24.3. The van der Waals surface area contributed by atoms with Crippen molar-refractivity contribution in [2.24, 2.45) is 0 Å². The molecule has 1 aliphatic heterocycles. The van der Waals surface area contributed by atoms with Crippen molar-refractivity contribution in [2.75, 3.05) is 18.4 Å². The Morgan fingerprint density at radius 3 is 2.60 bits per heavy atom. The first-order valence-electron chi connectivity index (χ1n) is 13.0. The van der Waals surface area contributed by atoms with Crippen LogP contribution in [-0.4, -0.2) is 51.0 Å². The summed E-state index contributed by atoms with van der Waals surface area (Å²) in [5, 5.41) is 5.94. The molecule has 218 valence electrons. The van der Waals surface area contributed by atoms with E-state index in [9.17, 15) is 22.8 Å². The van der Waals surface area contributed by atoms with Crippen LogP contribution in [0.5, 0.6) is 5.75 Å². The zero-order valence-corrected chi connectivity index (χ0v) is 25.3. The highest BCUT2D eigenvalue weighted by molar-refractivity contribution is 7.89. The molecule has 5 aromatic rings. The molecule has 3 aromatic carbocycles. The number of thiazole rings is 1. The molecular formula is C28H26ClN4O6PS2. The maximum Gasteiger partial charge on any atom is 0.524 e. The van der Waals surface area contributed by atoms with Gasteiger partial charge in [-0.05, 0) is 61.4 Å². The number of nitrogens with zero attached hydrogens (tertiary/aromatic N) is 3. The van der Waals surface area contributed by atoms with Crippen molar-refractivity contribution in [3.8, 4) is 28.3 Å². The van der Waals surface area contributed by atoms with E-state index in [1.165, 1.54) is 33.8 Å². The van der Waals surface area contributed by atoms with Crippen LogP contribution in [0.2, 0.25) is 5.02 Å². The Kier molecular flexibility index (Phi) is 7.88. The number of rotatable bonds is 8. The zero-order chi connectivity index (χ0) is 29.5. The van der Waals surface area contributed by atoms with E-state index in [1.54, 1.807) is 24.3 Å². The van der Waals surface area contributed by atoms with Gasteiger partial charge in [-0.2, -0.15) is 4.31 Å². The van der Waals surface area contributed by atoms with E-state index in [0.717, 1.165) is 34.7 Å². The van der Waals surface area contributed by atoms with Crippen LogP contribution in [0.3, 0.4) is 0 Å². The molecule has 1 aliphatic rings. The molecule has 10 nitrogen and oxygen atoms in total. The van der Waals surface area contributed by atoms with Crippen LogP contribution in [0, 0.1) is 0 Å². The second-order valence-corrected chi connectivity index (χ2v) is 14.3. The van der Waals surface area contributed by atoms with Gasteiger partial charge < -0.3 is 9.84 Å². The summed E-state index contributed by atoms with van der Waals surface area (Å²) < 4.78 is 46.2. The number of phosphoric ester groups is 1. The summed E-state index contributed by atoms with van der Waals surface area (Å²) in [7, 11) is -8.37. The Bertz CT molecular complexity index is 1910. The van der Waals surface area contributed by atoms with E-state index in [2.05, 4.69) is 5.32 Å². The second-order valence-electron chi connectivity index (χ2n) is 9.86. The standard InChI is InChI=1S/C28H26ClN4O6PS2/c29-21-9-11-25(12-10-21)42(37,38)32-13-3-7-23(18-32)30-22-6-1-5-20(16-22)27-26(31-28-33(27)14-15-41-28)19-4-2-8-24(17-19)39-40(34,35)36/h1-2,4-6,8-12,14-17,23,30H,3,7,13,18H2,(H2,34,35,36)/t23-/m1/s1. The lowest BCUT2D eigenvalue weighted by Crippen LogP contribution is -2.45. The third kappa shape index (κ3) is 6.11. The molecule has 0 saturated carbocycles. The van der Waals surface area contributed by atoms with Gasteiger partial charge in [0.1, 0.15) is 5.75 Å². The van der Waals surface area contributed by atoms with Crippen molar-refractivity contribution >= 4 is 51.4 Å². The molecule has 3 N–H and O–H groups in total. The van der Waals surface area contributed by atoms with Gasteiger partial charge in [0.05, 0.1) is 16.3 Å². The fraction of sp³-hybridized carbons (Fsp3) is 0.179. The summed E-state index contributed by atoms with van der Waals surface area (Å²) >= 11 is 7.42. The predicted octanol–water partition coefficient (Wildman–Crippen LogP) is 6.12. The van der Waals surface area contributed by atoms with Gasteiger partial charge in [-0.1, -0.05) is 35.9 Å². The molecule has 2 aromatic heterocycles. The summed E-state index contributed by atoms with van der Waals surface area (Å²) in [6, 6.07) is 20.4. The average molecular weight is 645 g/mol. The maximum atomic E-state index is 13.3. The number of fused-ring (bicyclic) bond motifs is 1. The Morgan fingerprint density at radius 2 is 1.81 bits per heavy atom. The first-order chi connectivity index (χ1) is 20.1. The van der Waals surface area contributed by atoms with Gasteiger partial charge in [0, 0.05) is 52.5 Å². The number of benzene rings is 3. The quantitative estimate of drug-likeness (QED) is 0.172. The third-order valence-corrected chi connectivity index (χ3v) is 10.3. The molecule has 0 bridgehead atoms. The number of halogens is 1.